The highest BCUT2D eigenvalue weighted by Crippen LogP contribution is 2.29. The maximum absolute atomic E-state index is 12.5. The Morgan fingerprint density at radius 1 is 1.37 bits per heavy atom. The number of carbonyl (C=O) groups excluding carboxylic acids is 1. The molecular formula is C11H8F3N3OS. The fourth-order valence-electron chi connectivity index (χ4n) is 1.35. The van der Waals surface area contributed by atoms with E-state index in [1.54, 1.807) is 0 Å². The summed E-state index contributed by atoms with van der Waals surface area (Å²) in [5, 5.41) is 6.60. The van der Waals surface area contributed by atoms with Crippen molar-refractivity contribution in [1.29, 1.82) is 0 Å². The third-order valence-electron chi connectivity index (χ3n) is 2.24. The van der Waals surface area contributed by atoms with Crippen LogP contribution >= 0.6 is 11.8 Å². The molecule has 0 radical (unpaired) electrons. The van der Waals surface area contributed by atoms with Gasteiger partial charge in [-0.05, 0) is 12.1 Å². The molecule has 0 aliphatic rings. The van der Waals surface area contributed by atoms with E-state index in [2.05, 4.69) is 15.2 Å². The minimum absolute atomic E-state index is 0.00347. The largest absolute Gasteiger partial charge is 0.416 e. The van der Waals surface area contributed by atoms with Crippen LogP contribution in [0, 0.1) is 0 Å². The van der Waals surface area contributed by atoms with Crippen LogP contribution in [-0.4, -0.2) is 26.7 Å². The van der Waals surface area contributed by atoms with Gasteiger partial charge in [-0.15, -0.1) is 0 Å². The van der Waals surface area contributed by atoms with Crippen LogP contribution in [0.1, 0.15) is 15.9 Å². The number of benzene rings is 1. The second-order valence-corrected chi connectivity index (χ2v) is 4.55. The first-order valence-corrected chi connectivity index (χ1v) is 6.14. The molecule has 4 nitrogen and oxygen atoms in total. The summed E-state index contributed by atoms with van der Waals surface area (Å²) in [7, 11) is 0. The number of Topliss-reactive ketones (excluding diaryl/α,β-unsaturated/α-hetero) is 1. The number of aromatic amines is 1. The van der Waals surface area contributed by atoms with Crippen LogP contribution in [0.3, 0.4) is 0 Å². The monoisotopic (exact) mass is 287 g/mol. The summed E-state index contributed by atoms with van der Waals surface area (Å²) in [5.41, 5.74) is -0.801. The van der Waals surface area contributed by atoms with Gasteiger partial charge in [0.1, 0.15) is 6.33 Å². The topological polar surface area (TPSA) is 58.6 Å². The summed E-state index contributed by atoms with van der Waals surface area (Å²) < 4.78 is 37.5. The van der Waals surface area contributed by atoms with Gasteiger partial charge in [-0.2, -0.15) is 18.3 Å². The highest BCUT2D eigenvalue weighted by atomic mass is 32.2. The van der Waals surface area contributed by atoms with E-state index >= 15 is 0 Å². The number of H-pyrrole nitrogens is 1. The van der Waals surface area contributed by atoms with E-state index in [-0.39, 0.29) is 11.3 Å². The normalized spacial score (nSPS) is 11.5. The molecule has 19 heavy (non-hydrogen) atoms. The van der Waals surface area contributed by atoms with E-state index in [0.717, 1.165) is 23.9 Å². The van der Waals surface area contributed by atoms with Gasteiger partial charge in [-0.25, -0.2) is 4.98 Å². The summed E-state index contributed by atoms with van der Waals surface area (Å²) in [6, 6.07) is 4.36. The number of nitrogens with zero attached hydrogens (tertiary/aromatic N) is 2. The van der Waals surface area contributed by atoms with Gasteiger partial charge < -0.3 is 0 Å². The highest BCUT2D eigenvalue weighted by molar-refractivity contribution is 7.99. The number of halogens is 3. The zero-order valence-electron chi connectivity index (χ0n) is 9.44. The summed E-state index contributed by atoms with van der Waals surface area (Å²) in [4.78, 5) is 15.6. The number of rotatable bonds is 4. The first-order valence-electron chi connectivity index (χ1n) is 5.15. The Labute approximate surface area is 110 Å². The SMILES string of the molecule is O=C(CSc1ncn[nH]1)c1cccc(C(F)(F)F)c1. The smallest absolute Gasteiger partial charge is 0.293 e. The lowest BCUT2D eigenvalue weighted by Crippen LogP contribution is -2.08. The average Bonchev–Trinajstić information content (AvgIpc) is 2.88. The fraction of sp³-hybridized carbons (Fsp3) is 0.182. The van der Waals surface area contributed by atoms with E-state index < -0.39 is 17.5 Å². The van der Waals surface area contributed by atoms with Crippen molar-refractivity contribution in [3.05, 3.63) is 41.7 Å². The Hall–Kier alpha value is -1.83. The number of ketones is 1. The Bertz CT molecular complexity index is 569. The Morgan fingerprint density at radius 2 is 2.16 bits per heavy atom. The maximum Gasteiger partial charge on any atom is 0.416 e. The Balaban J connectivity index is 2.07. The van der Waals surface area contributed by atoms with E-state index in [1.807, 2.05) is 0 Å². The third-order valence-corrected chi connectivity index (χ3v) is 3.12. The average molecular weight is 287 g/mol. The number of nitrogens with one attached hydrogen (secondary N) is 1. The standard InChI is InChI=1S/C11H8F3N3OS/c12-11(13,14)8-3-1-2-7(4-8)9(18)5-19-10-15-6-16-17-10/h1-4,6H,5H2,(H,15,16,17). The van der Waals surface area contributed by atoms with Crippen LogP contribution < -0.4 is 0 Å². The highest BCUT2D eigenvalue weighted by Gasteiger charge is 2.30. The molecule has 0 amide bonds. The summed E-state index contributed by atoms with van der Waals surface area (Å²) in [5.74, 6) is -0.399. The van der Waals surface area contributed by atoms with E-state index in [0.29, 0.717) is 5.16 Å². The quantitative estimate of drug-likeness (QED) is 0.694. The third kappa shape index (κ3) is 3.57. The van der Waals surface area contributed by atoms with Crippen molar-refractivity contribution in [3.63, 3.8) is 0 Å². The van der Waals surface area contributed by atoms with Crippen LogP contribution in [0.2, 0.25) is 0 Å². The number of carbonyl (C=O) groups is 1. The first-order chi connectivity index (χ1) is 8.97. The van der Waals surface area contributed by atoms with Crippen LogP contribution in [0.15, 0.2) is 35.7 Å². The predicted molar refractivity (Wildman–Crippen MR) is 62.9 cm³/mol. The second-order valence-electron chi connectivity index (χ2n) is 3.58. The van der Waals surface area contributed by atoms with E-state index in [1.165, 1.54) is 18.5 Å². The van der Waals surface area contributed by atoms with Crippen molar-refractivity contribution in [3.8, 4) is 0 Å². The molecule has 0 spiro atoms. The molecule has 0 unspecified atom stereocenters. The molecule has 1 heterocycles. The summed E-state index contributed by atoms with van der Waals surface area (Å²) in [6.07, 6.45) is -3.16. The molecule has 0 atom stereocenters. The zero-order chi connectivity index (χ0) is 13.9. The number of hydrogen-bond acceptors (Lipinski definition) is 4. The Kier molecular flexibility index (Phi) is 3.89. The number of aromatic nitrogens is 3. The van der Waals surface area contributed by atoms with Gasteiger partial charge in [-0.3, -0.25) is 9.89 Å². The molecule has 2 rings (SSSR count). The Morgan fingerprint density at radius 3 is 2.79 bits per heavy atom. The van der Waals surface area contributed by atoms with Crippen molar-refractivity contribution in [2.45, 2.75) is 11.3 Å². The minimum atomic E-state index is -4.45. The first kappa shape index (κ1) is 13.6. The molecule has 0 fully saturated rings. The molecule has 0 saturated heterocycles. The zero-order valence-corrected chi connectivity index (χ0v) is 10.3. The predicted octanol–water partition coefficient (Wildman–Crippen LogP) is 2.80. The molecule has 1 N–H and O–H groups in total. The number of hydrogen-bond donors (Lipinski definition) is 1. The molecule has 0 aliphatic carbocycles. The molecule has 0 saturated carbocycles. The van der Waals surface area contributed by atoms with Crippen molar-refractivity contribution in [2.75, 3.05) is 5.75 Å². The van der Waals surface area contributed by atoms with Crippen LogP contribution in [0.4, 0.5) is 13.2 Å². The molecule has 0 bridgehead atoms. The maximum atomic E-state index is 12.5. The van der Waals surface area contributed by atoms with Gasteiger partial charge in [0.05, 0.1) is 11.3 Å². The lowest BCUT2D eigenvalue weighted by molar-refractivity contribution is -0.137. The molecule has 0 aliphatic heterocycles. The van der Waals surface area contributed by atoms with Gasteiger partial charge in [0.15, 0.2) is 10.9 Å². The molecule has 8 heteroatoms. The van der Waals surface area contributed by atoms with Gasteiger partial charge >= 0.3 is 6.18 Å². The van der Waals surface area contributed by atoms with Crippen molar-refractivity contribution >= 4 is 17.5 Å². The lowest BCUT2D eigenvalue weighted by atomic mass is 10.1. The van der Waals surface area contributed by atoms with Gasteiger partial charge in [-0.1, -0.05) is 23.9 Å². The molecular weight excluding hydrogens is 279 g/mol. The van der Waals surface area contributed by atoms with Crippen molar-refractivity contribution < 1.29 is 18.0 Å². The van der Waals surface area contributed by atoms with Crippen molar-refractivity contribution in [1.82, 2.24) is 15.2 Å². The van der Waals surface area contributed by atoms with Gasteiger partial charge in [0.2, 0.25) is 0 Å². The van der Waals surface area contributed by atoms with Crippen molar-refractivity contribution in [2.24, 2.45) is 0 Å². The van der Waals surface area contributed by atoms with Crippen LogP contribution in [0.5, 0.6) is 0 Å². The van der Waals surface area contributed by atoms with Crippen LogP contribution in [-0.2, 0) is 6.18 Å². The molecule has 100 valence electrons. The van der Waals surface area contributed by atoms with E-state index in [9.17, 15) is 18.0 Å². The van der Waals surface area contributed by atoms with Crippen LogP contribution in [0.25, 0.3) is 0 Å². The molecule has 1 aromatic carbocycles. The second kappa shape index (κ2) is 5.43. The summed E-state index contributed by atoms with van der Waals surface area (Å²) in [6.45, 7) is 0. The molecule has 2 aromatic rings. The van der Waals surface area contributed by atoms with Gasteiger partial charge in [0.25, 0.3) is 0 Å². The summed E-state index contributed by atoms with van der Waals surface area (Å²) >= 11 is 1.08. The van der Waals surface area contributed by atoms with Gasteiger partial charge in [0, 0.05) is 5.56 Å². The number of alkyl halides is 3. The minimum Gasteiger partial charge on any atom is -0.293 e. The number of thioether (sulfide) groups is 1. The molecule has 1 aromatic heterocycles. The fourth-order valence-corrected chi connectivity index (χ4v) is 2.02. The van der Waals surface area contributed by atoms with E-state index in [4.69, 9.17) is 0 Å². The lowest BCUT2D eigenvalue weighted by Gasteiger charge is -2.07.